The fourth-order valence-electron chi connectivity index (χ4n) is 4.75. The molecule has 0 radical (unpaired) electrons. The second-order valence-corrected chi connectivity index (χ2v) is 9.19. The number of aromatic nitrogens is 1. The van der Waals surface area contributed by atoms with Crippen LogP contribution in [0.3, 0.4) is 0 Å². The number of hydrogen-bond acceptors (Lipinski definition) is 6. The summed E-state index contributed by atoms with van der Waals surface area (Å²) in [5, 5.41) is 15.8. The number of benzene rings is 1. The Morgan fingerprint density at radius 3 is 2.79 bits per heavy atom. The van der Waals surface area contributed by atoms with E-state index < -0.39 is 6.10 Å². The number of rotatable bonds is 8. The van der Waals surface area contributed by atoms with E-state index in [1.807, 2.05) is 30.3 Å². The van der Waals surface area contributed by atoms with Crippen molar-refractivity contribution in [2.75, 3.05) is 11.9 Å². The van der Waals surface area contributed by atoms with Gasteiger partial charge >= 0.3 is 0 Å². The Morgan fingerprint density at radius 2 is 2.03 bits per heavy atom. The van der Waals surface area contributed by atoms with Crippen LogP contribution < -0.4 is 15.4 Å². The highest BCUT2D eigenvalue weighted by Crippen LogP contribution is 2.47. The van der Waals surface area contributed by atoms with Gasteiger partial charge < -0.3 is 25.2 Å². The van der Waals surface area contributed by atoms with Crippen LogP contribution in [0.4, 0.5) is 5.69 Å². The molecule has 0 unspecified atom stereocenters. The van der Waals surface area contributed by atoms with E-state index in [1.54, 1.807) is 12.4 Å². The van der Waals surface area contributed by atoms with Crippen molar-refractivity contribution in [3.8, 4) is 5.75 Å². The minimum atomic E-state index is -0.514. The standard InChI is InChI=1S/C25H29N3O5/c29-14-22-25-20(10-18(32-22)11-23(30)27-13-16-2-1-7-26-12-16)19-9-17(5-6-21(19)33-25)28-24(31)8-15-3-4-15/h1-2,5-7,9,12,15,18,20,22,25,29H,3-4,8,10-11,13-14H2,(H,27,30)(H,28,31)/t18-,20+,22+,25-/m1/s1. The molecule has 0 bridgehead atoms. The highest BCUT2D eigenvalue weighted by Gasteiger charge is 2.46. The van der Waals surface area contributed by atoms with Crippen molar-refractivity contribution in [2.45, 2.75) is 62.9 Å². The Bertz CT molecular complexity index is 1010. The predicted molar refractivity (Wildman–Crippen MR) is 121 cm³/mol. The molecular formula is C25H29N3O5. The fourth-order valence-corrected chi connectivity index (χ4v) is 4.75. The Hall–Kier alpha value is -2.97. The highest BCUT2D eigenvalue weighted by atomic mass is 16.6. The number of carbonyl (C=O) groups excluding carboxylic acids is 2. The molecule has 33 heavy (non-hydrogen) atoms. The molecule has 3 heterocycles. The smallest absolute Gasteiger partial charge is 0.224 e. The predicted octanol–water partition coefficient (Wildman–Crippen LogP) is 2.52. The van der Waals surface area contributed by atoms with Crippen LogP contribution in [-0.2, 0) is 20.9 Å². The van der Waals surface area contributed by atoms with Crippen LogP contribution in [0.5, 0.6) is 5.75 Å². The molecule has 1 saturated heterocycles. The van der Waals surface area contributed by atoms with Gasteiger partial charge in [0.15, 0.2) is 0 Å². The van der Waals surface area contributed by atoms with Gasteiger partial charge in [-0.25, -0.2) is 0 Å². The van der Waals surface area contributed by atoms with E-state index in [0.717, 1.165) is 35.4 Å². The number of aliphatic hydroxyl groups excluding tert-OH is 1. The number of ether oxygens (including phenoxy) is 2. The zero-order valence-corrected chi connectivity index (χ0v) is 18.4. The minimum Gasteiger partial charge on any atom is -0.487 e. The van der Waals surface area contributed by atoms with Crippen molar-refractivity contribution in [3.05, 3.63) is 53.9 Å². The van der Waals surface area contributed by atoms with Gasteiger partial charge in [-0.05, 0) is 55.0 Å². The molecule has 5 rings (SSSR count). The molecule has 2 fully saturated rings. The van der Waals surface area contributed by atoms with Crippen molar-refractivity contribution >= 4 is 17.5 Å². The lowest BCUT2D eigenvalue weighted by molar-refractivity contribution is -0.142. The van der Waals surface area contributed by atoms with E-state index in [2.05, 4.69) is 15.6 Å². The summed E-state index contributed by atoms with van der Waals surface area (Å²) in [6.07, 6.45) is 5.90. The lowest BCUT2D eigenvalue weighted by Gasteiger charge is -2.37. The maximum Gasteiger partial charge on any atom is 0.224 e. The van der Waals surface area contributed by atoms with Crippen LogP contribution in [0.1, 0.15) is 49.1 Å². The van der Waals surface area contributed by atoms with E-state index in [1.165, 1.54) is 0 Å². The SMILES string of the molecule is O=C(C[C@H]1C[C@H]2c3cc(NC(=O)CC4CC4)ccc3O[C@H]2[C@H](CO)O1)NCc1cccnc1. The third-order valence-corrected chi connectivity index (χ3v) is 6.58. The molecule has 1 aromatic heterocycles. The number of nitrogens with zero attached hydrogens (tertiary/aromatic N) is 1. The lowest BCUT2D eigenvalue weighted by Crippen LogP contribution is -2.47. The first-order chi connectivity index (χ1) is 16.1. The van der Waals surface area contributed by atoms with Gasteiger partial charge in [-0.1, -0.05) is 6.07 Å². The molecule has 2 aromatic rings. The summed E-state index contributed by atoms with van der Waals surface area (Å²) >= 11 is 0. The molecular weight excluding hydrogens is 422 g/mol. The first-order valence-electron chi connectivity index (χ1n) is 11.6. The minimum absolute atomic E-state index is 0.0118. The van der Waals surface area contributed by atoms with Crippen molar-refractivity contribution in [3.63, 3.8) is 0 Å². The first kappa shape index (κ1) is 21.9. The molecule has 4 atom stereocenters. The molecule has 2 aliphatic heterocycles. The number of amides is 2. The Morgan fingerprint density at radius 1 is 1.15 bits per heavy atom. The monoisotopic (exact) mass is 451 g/mol. The molecule has 1 aliphatic carbocycles. The summed E-state index contributed by atoms with van der Waals surface area (Å²) in [6.45, 7) is 0.221. The van der Waals surface area contributed by atoms with Crippen molar-refractivity contribution in [1.29, 1.82) is 0 Å². The van der Waals surface area contributed by atoms with Crippen LogP contribution in [0.2, 0.25) is 0 Å². The fraction of sp³-hybridized carbons (Fsp3) is 0.480. The molecule has 3 aliphatic rings. The molecule has 2 amide bonds. The highest BCUT2D eigenvalue weighted by molar-refractivity contribution is 5.91. The van der Waals surface area contributed by atoms with Gasteiger partial charge in [0, 0.05) is 42.5 Å². The Balaban J connectivity index is 1.24. The lowest BCUT2D eigenvalue weighted by atomic mass is 9.84. The number of aliphatic hydroxyl groups is 1. The average molecular weight is 452 g/mol. The van der Waals surface area contributed by atoms with Crippen molar-refractivity contribution in [1.82, 2.24) is 10.3 Å². The van der Waals surface area contributed by atoms with Gasteiger partial charge in [0.25, 0.3) is 0 Å². The number of pyridine rings is 1. The number of fused-ring (bicyclic) bond motifs is 3. The first-order valence-corrected chi connectivity index (χ1v) is 11.6. The van der Waals surface area contributed by atoms with E-state index in [4.69, 9.17) is 9.47 Å². The second kappa shape index (κ2) is 9.49. The summed E-state index contributed by atoms with van der Waals surface area (Å²) in [7, 11) is 0. The van der Waals surface area contributed by atoms with E-state index >= 15 is 0 Å². The number of hydrogen-bond donors (Lipinski definition) is 3. The zero-order chi connectivity index (χ0) is 22.8. The zero-order valence-electron chi connectivity index (χ0n) is 18.4. The summed E-state index contributed by atoms with van der Waals surface area (Å²) in [4.78, 5) is 28.8. The van der Waals surface area contributed by atoms with Gasteiger partial charge in [-0.3, -0.25) is 14.6 Å². The largest absolute Gasteiger partial charge is 0.487 e. The van der Waals surface area contributed by atoms with Gasteiger partial charge in [0.1, 0.15) is 18.0 Å². The summed E-state index contributed by atoms with van der Waals surface area (Å²) in [5.41, 5.74) is 2.67. The molecule has 8 nitrogen and oxygen atoms in total. The van der Waals surface area contributed by atoms with Crippen LogP contribution in [0.15, 0.2) is 42.7 Å². The summed E-state index contributed by atoms with van der Waals surface area (Å²) in [5.74, 6) is 1.18. The maximum absolute atomic E-state index is 12.5. The third kappa shape index (κ3) is 5.17. The van der Waals surface area contributed by atoms with Gasteiger partial charge in [-0.15, -0.1) is 0 Å². The number of anilines is 1. The van der Waals surface area contributed by atoms with Gasteiger partial charge in [0.05, 0.1) is 19.1 Å². The van der Waals surface area contributed by atoms with Crippen molar-refractivity contribution < 1.29 is 24.2 Å². The van der Waals surface area contributed by atoms with E-state index in [0.29, 0.717) is 25.3 Å². The summed E-state index contributed by atoms with van der Waals surface area (Å²) in [6, 6.07) is 9.41. The van der Waals surface area contributed by atoms with Crippen LogP contribution >= 0.6 is 0 Å². The average Bonchev–Trinajstić information content (AvgIpc) is 3.56. The second-order valence-electron chi connectivity index (χ2n) is 9.19. The van der Waals surface area contributed by atoms with E-state index in [-0.39, 0.29) is 43.0 Å². The third-order valence-electron chi connectivity index (χ3n) is 6.58. The summed E-state index contributed by atoms with van der Waals surface area (Å²) < 4.78 is 12.1. The molecule has 1 saturated carbocycles. The molecule has 8 heteroatoms. The molecule has 1 aromatic carbocycles. The molecule has 174 valence electrons. The molecule has 3 N–H and O–H groups in total. The Labute approximate surface area is 192 Å². The number of carbonyl (C=O) groups is 2. The quantitative estimate of drug-likeness (QED) is 0.569. The van der Waals surface area contributed by atoms with Crippen LogP contribution in [0.25, 0.3) is 0 Å². The number of nitrogens with one attached hydrogen (secondary N) is 2. The normalized spacial score (nSPS) is 25.5. The van der Waals surface area contributed by atoms with Crippen LogP contribution in [0, 0.1) is 5.92 Å². The van der Waals surface area contributed by atoms with Gasteiger partial charge in [-0.2, -0.15) is 0 Å². The van der Waals surface area contributed by atoms with Crippen molar-refractivity contribution in [2.24, 2.45) is 5.92 Å². The van der Waals surface area contributed by atoms with Gasteiger partial charge in [0.2, 0.25) is 11.8 Å². The topological polar surface area (TPSA) is 110 Å². The Kier molecular flexibility index (Phi) is 6.28. The van der Waals surface area contributed by atoms with Crippen LogP contribution in [-0.4, -0.2) is 46.8 Å². The molecule has 0 spiro atoms. The van der Waals surface area contributed by atoms with E-state index in [9.17, 15) is 14.7 Å². The maximum atomic E-state index is 12.5.